The highest BCUT2D eigenvalue weighted by molar-refractivity contribution is 8.00. The summed E-state index contributed by atoms with van der Waals surface area (Å²) < 4.78 is 2.26. The van der Waals surface area contributed by atoms with Gasteiger partial charge in [0.15, 0.2) is 5.96 Å². The molecule has 2 heterocycles. The molecule has 1 aromatic rings. The van der Waals surface area contributed by atoms with Gasteiger partial charge in [-0.3, -0.25) is 9.67 Å². The number of hydrogen-bond donors (Lipinski definition) is 1. The third kappa shape index (κ3) is 3.97. The zero-order valence-electron chi connectivity index (χ0n) is 14.7. The zero-order chi connectivity index (χ0) is 16.3. The Morgan fingerprint density at radius 1 is 1.41 bits per heavy atom. The van der Waals surface area contributed by atoms with Crippen LogP contribution in [0.2, 0.25) is 0 Å². The maximum absolute atomic E-state index is 4.48. The average Bonchev–Trinajstić information content (AvgIpc) is 2.68. The van der Waals surface area contributed by atoms with Crippen LogP contribution in [0, 0.1) is 13.8 Å². The normalized spacial score (nSPS) is 18.6. The molecule has 0 saturated carbocycles. The van der Waals surface area contributed by atoms with Crippen molar-refractivity contribution in [3.8, 4) is 0 Å². The first-order valence-corrected chi connectivity index (χ1v) is 8.91. The summed E-state index contributed by atoms with van der Waals surface area (Å²) in [6.07, 6.45) is 0.983. The van der Waals surface area contributed by atoms with Crippen molar-refractivity contribution in [2.45, 2.75) is 38.9 Å². The predicted molar refractivity (Wildman–Crippen MR) is 95.9 cm³/mol. The molecule has 0 aromatic carbocycles. The molecule has 0 spiro atoms. The van der Waals surface area contributed by atoms with Gasteiger partial charge in [0.2, 0.25) is 0 Å². The lowest BCUT2D eigenvalue weighted by Crippen LogP contribution is -2.51. The summed E-state index contributed by atoms with van der Waals surface area (Å²) in [4.78, 5) is 6.83. The maximum Gasteiger partial charge on any atom is 0.193 e. The van der Waals surface area contributed by atoms with Crippen LogP contribution in [0.5, 0.6) is 0 Å². The third-order valence-corrected chi connectivity index (χ3v) is 5.55. The summed E-state index contributed by atoms with van der Waals surface area (Å²) >= 11 is 2.04. The average molecular weight is 324 g/mol. The molecule has 1 aromatic heterocycles. The van der Waals surface area contributed by atoms with Crippen LogP contribution in [0.25, 0.3) is 0 Å². The van der Waals surface area contributed by atoms with E-state index in [-0.39, 0.29) is 0 Å². The van der Waals surface area contributed by atoms with Gasteiger partial charge in [-0.2, -0.15) is 16.9 Å². The van der Waals surface area contributed by atoms with Gasteiger partial charge in [0.1, 0.15) is 0 Å². The van der Waals surface area contributed by atoms with Crippen molar-refractivity contribution in [1.29, 1.82) is 0 Å². The van der Waals surface area contributed by atoms with E-state index in [1.807, 2.05) is 30.5 Å². The van der Waals surface area contributed by atoms with E-state index in [2.05, 4.69) is 48.0 Å². The van der Waals surface area contributed by atoms with E-state index in [1.54, 1.807) is 0 Å². The fourth-order valence-electron chi connectivity index (χ4n) is 3.01. The number of aromatic nitrogens is 2. The van der Waals surface area contributed by atoms with E-state index in [4.69, 9.17) is 0 Å². The molecule has 1 fully saturated rings. The quantitative estimate of drug-likeness (QED) is 0.682. The lowest BCUT2D eigenvalue weighted by Gasteiger charge is -2.39. The van der Waals surface area contributed by atoms with Crippen molar-refractivity contribution in [3.05, 3.63) is 17.0 Å². The van der Waals surface area contributed by atoms with E-state index in [0.717, 1.165) is 43.5 Å². The minimum atomic E-state index is 0.298. The Labute approximate surface area is 138 Å². The van der Waals surface area contributed by atoms with Crippen LogP contribution in [0.1, 0.15) is 30.8 Å². The second-order valence-electron chi connectivity index (χ2n) is 6.53. The molecular formula is C16H29N5S. The molecule has 1 aliphatic rings. The van der Waals surface area contributed by atoms with Crippen LogP contribution in [0.15, 0.2) is 4.99 Å². The van der Waals surface area contributed by atoms with Crippen LogP contribution in [0.3, 0.4) is 0 Å². The summed E-state index contributed by atoms with van der Waals surface area (Å²) in [5.41, 5.74) is 3.73. The van der Waals surface area contributed by atoms with Crippen molar-refractivity contribution in [2.75, 3.05) is 32.4 Å². The number of nitrogens with one attached hydrogen (secondary N) is 1. The molecule has 1 N–H and O–H groups in total. The van der Waals surface area contributed by atoms with Crippen LogP contribution in [-0.2, 0) is 13.5 Å². The first kappa shape index (κ1) is 17.2. The van der Waals surface area contributed by atoms with Gasteiger partial charge in [-0.05, 0) is 39.7 Å². The van der Waals surface area contributed by atoms with E-state index in [0.29, 0.717) is 4.75 Å². The molecule has 0 bridgehead atoms. The second kappa shape index (κ2) is 6.94. The van der Waals surface area contributed by atoms with Crippen LogP contribution >= 0.6 is 11.8 Å². The van der Waals surface area contributed by atoms with Crippen molar-refractivity contribution in [3.63, 3.8) is 0 Å². The van der Waals surface area contributed by atoms with Gasteiger partial charge in [-0.15, -0.1) is 0 Å². The Kier molecular flexibility index (Phi) is 5.42. The molecule has 0 amide bonds. The summed E-state index contributed by atoms with van der Waals surface area (Å²) in [5, 5.41) is 8.00. The van der Waals surface area contributed by atoms with Gasteiger partial charge in [-0.25, -0.2) is 0 Å². The summed E-state index contributed by atoms with van der Waals surface area (Å²) in [5.74, 6) is 2.18. The Morgan fingerprint density at radius 3 is 2.68 bits per heavy atom. The number of rotatable bonds is 3. The largest absolute Gasteiger partial charge is 0.356 e. The van der Waals surface area contributed by atoms with Crippen LogP contribution in [0.4, 0.5) is 0 Å². The van der Waals surface area contributed by atoms with E-state index < -0.39 is 0 Å². The first-order chi connectivity index (χ1) is 10.3. The van der Waals surface area contributed by atoms with E-state index in [9.17, 15) is 0 Å². The van der Waals surface area contributed by atoms with Crippen LogP contribution < -0.4 is 5.32 Å². The Balaban J connectivity index is 1.92. The molecule has 1 aliphatic heterocycles. The van der Waals surface area contributed by atoms with Gasteiger partial charge < -0.3 is 10.2 Å². The van der Waals surface area contributed by atoms with E-state index >= 15 is 0 Å². The highest BCUT2D eigenvalue weighted by Crippen LogP contribution is 2.29. The summed E-state index contributed by atoms with van der Waals surface area (Å²) in [7, 11) is 3.88. The van der Waals surface area contributed by atoms with Gasteiger partial charge >= 0.3 is 0 Å². The van der Waals surface area contributed by atoms with Crippen LogP contribution in [-0.4, -0.2) is 57.8 Å². The smallest absolute Gasteiger partial charge is 0.193 e. The Morgan fingerprint density at radius 2 is 2.14 bits per heavy atom. The van der Waals surface area contributed by atoms with Gasteiger partial charge in [0, 0.05) is 49.9 Å². The van der Waals surface area contributed by atoms with Gasteiger partial charge in [0.25, 0.3) is 0 Å². The van der Waals surface area contributed by atoms with Gasteiger partial charge in [0.05, 0.1) is 5.69 Å². The zero-order valence-corrected chi connectivity index (χ0v) is 15.5. The summed E-state index contributed by atoms with van der Waals surface area (Å²) in [6, 6.07) is 0. The molecule has 0 aliphatic carbocycles. The lowest BCUT2D eigenvalue weighted by molar-refractivity contribution is 0.376. The standard InChI is InChI=1S/C16H29N5S/c1-12-14(13(2)20(6)19-12)7-8-18-15(17-5)21-9-10-22-16(3,4)11-21/h7-11H2,1-6H3,(H,17,18). The molecular weight excluding hydrogens is 294 g/mol. The maximum atomic E-state index is 4.48. The fraction of sp³-hybridized carbons (Fsp3) is 0.750. The Hall–Kier alpha value is -1.17. The molecule has 2 rings (SSSR count). The molecule has 0 atom stereocenters. The number of hydrogen-bond acceptors (Lipinski definition) is 3. The number of guanidine groups is 1. The molecule has 124 valence electrons. The molecule has 6 heteroatoms. The monoisotopic (exact) mass is 323 g/mol. The lowest BCUT2D eigenvalue weighted by atomic mass is 10.1. The minimum absolute atomic E-state index is 0.298. The van der Waals surface area contributed by atoms with Crippen molar-refractivity contribution >= 4 is 17.7 Å². The number of aliphatic imine (C=N–C) groups is 1. The number of aryl methyl sites for hydroxylation is 2. The predicted octanol–water partition coefficient (Wildman–Crippen LogP) is 1.98. The van der Waals surface area contributed by atoms with E-state index in [1.165, 1.54) is 11.3 Å². The molecule has 1 saturated heterocycles. The molecule has 0 unspecified atom stereocenters. The Bertz CT molecular complexity index is 547. The number of thioether (sulfide) groups is 1. The molecule has 22 heavy (non-hydrogen) atoms. The topological polar surface area (TPSA) is 45.5 Å². The molecule has 5 nitrogen and oxygen atoms in total. The fourth-order valence-corrected chi connectivity index (χ4v) is 4.12. The number of nitrogens with zero attached hydrogens (tertiary/aromatic N) is 4. The molecule has 0 radical (unpaired) electrons. The van der Waals surface area contributed by atoms with Crippen molar-refractivity contribution in [2.24, 2.45) is 12.0 Å². The summed E-state index contributed by atoms with van der Waals surface area (Å²) in [6.45, 7) is 11.8. The van der Waals surface area contributed by atoms with Gasteiger partial charge in [-0.1, -0.05) is 0 Å². The second-order valence-corrected chi connectivity index (χ2v) is 8.33. The van der Waals surface area contributed by atoms with Crippen molar-refractivity contribution < 1.29 is 0 Å². The minimum Gasteiger partial charge on any atom is -0.356 e. The van der Waals surface area contributed by atoms with Crippen molar-refractivity contribution in [1.82, 2.24) is 20.0 Å². The third-order valence-electron chi connectivity index (χ3n) is 4.25. The SMILES string of the molecule is CN=C(NCCc1c(C)nn(C)c1C)N1CCSC(C)(C)C1. The highest BCUT2D eigenvalue weighted by Gasteiger charge is 2.28. The highest BCUT2D eigenvalue weighted by atomic mass is 32.2. The first-order valence-electron chi connectivity index (χ1n) is 7.92.